The lowest BCUT2D eigenvalue weighted by molar-refractivity contribution is 0.653. The summed E-state index contributed by atoms with van der Waals surface area (Å²) in [5, 5.41) is 3.37. The maximum Gasteiger partial charge on any atom is -0.000834 e. The maximum atomic E-state index is 5.40. The van der Waals surface area contributed by atoms with Crippen LogP contribution in [0.1, 0.15) is 17.5 Å². The molecule has 0 bridgehead atoms. The van der Waals surface area contributed by atoms with E-state index in [0.29, 0.717) is 0 Å². The van der Waals surface area contributed by atoms with Crippen molar-refractivity contribution in [3.05, 3.63) is 35.4 Å². The first-order valence-electron chi connectivity index (χ1n) is 5.29. The molecular formula is C12H20N2. The molecule has 0 aromatic heterocycles. The van der Waals surface area contributed by atoms with E-state index in [-0.39, 0.29) is 0 Å². The zero-order valence-electron chi connectivity index (χ0n) is 8.92. The lowest BCUT2D eigenvalue weighted by Crippen LogP contribution is -2.20. The van der Waals surface area contributed by atoms with E-state index in [1.165, 1.54) is 11.1 Å². The summed E-state index contributed by atoms with van der Waals surface area (Å²) in [4.78, 5) is 0. The summed E-state index contributed by atoms with van der Waals surface area (Å²) in [6, 6.07) is 8.66. The summed E-state index contributed by atoms with van der Waals surface area (Å²) < 4.78 is 0. The highest BCUT2D eigenvalue weighted by Gasteiger charge is 1.92. The smallest absolute Gasteiger partial charge is 0.000834 e. The van der Waals surface area contributed by atoms with Crippen LogP contribution in [-0.2, 0) is 6.42 Å². The molecule has 0 atom stereocenters. The molecule has 2 heteroatoms. The first-order chi connectivity index (χ1) is 6.83. The molecular weight excluding hydrogens is 172 g/mol. The SMILES string of the molecule is Cc1cccc(CCNCCCN)c1. The molecule has 0 unspecified atom stereocenters. The van der Waals surface area contributed by atoms with Gasteiger partial charge in [0, 0.05) is 0 Å². The number of aryl methyl sites for hydroxylation is 1. The molecule has 1 aromatic carbocycles. The second-order valence-corrected chi connectivity index (χ2v) is 3.63. The van der Waals surface area contributed by atoms with Crippen LogP contribution in [0.4, 0.5) is 0 Å². The van der Waals surface area contributed by atoms with Gasteiger partial charge in [0.25, 0.3) is 0 Å². The number of benzene rings is 1. The van der Waals surface area contributed by atoms with Gasteiger partial charge >= 0.3 is 0 Å². The van der Waals surface area contributed by atoms with E-state index < -0.39 is 0 Å². The Kier molecular flexibility index (Phi) is 5.27. The Balaban J connectivity index is 2.18. The predicted octanol–water partition coefficient (Wildman–Crippen LogP) is 1.48. The molecule has 78 valence electrons. The summed E-state index contributed by atoms with van der Waals surface area (Å²) >= 11 is 0. The Morgan fingerprint density at radius 3 is 2.86 bits per heavy atom. The highest BCUT2D eigenvalue weighted by atomic mass is 14.8. The number of hydrogen-bond donors (Lipinski definition) is 2. The number of rotatable bonds is 6. The fourth-order valence-corrected chi connectivity index (χ4v) is 1.45. The van der Waals surface area contributed by atoms with Crippen LogP contribution in [0.2, 0.25) is 0 Å². The summed E-state index contributed by atoms with van der Waals surface area (Å²) in [5.74, 6) is 0. The predicted molar refractivity (Wildman–Crippen MR) is 61.4 cm³/mol. The van der Waals surface area contributed by atoms with Crippen molar-refractivity contribution in [1.82, 2.24) is 5.32 Å². The fourth-order valence-electron chi connectivity index (χ4n) is 1.45. The molecule has 0 aliphatic heterocycles. The van der Waals surface area contributed by atoms with Crippen molar-refractivity contribution in [1.29, 1.82) is 0 Å². The maximum absolute atomic E-state index is 5.40. The van der Waals surface area contributed by atoms with E-state index in [1.54, 1.807) is 0 Å². The van der Waals surface area contributed by atoms with Gasteiger partial charge in [-0.2, -0.15) is 0 Å². The Labute approximate surface area is 86.5 Å². The number of hydrogen-bond acceptors (Lipinski definition) is 2. The lowest BCUT2D eigenvalue weighted by Gasteiger charge is -2.04. The molecule has 14 heavy (non-hydrogen) atoms. The van der Waals surface area contributed by atoms with Gasteiger partial charge in [-0.15, -0.1) is 0 Å². The molecule has 0 amide bonds. The second-order valence-electron chi connectivity index (χ2n) is 3.63. The molecule has 2 nitrogen and oxygen atoms in total. The second kappa shape index (κ2) is 6.57. The highest BCUT2D eigenvalue weighted by molar-refractivity contribution is 5.22. The number of nitrogens with two attached hydrogens (primary N) is 1. The van der Waals surface area contributed by atoms with Crippen LogP contribution in [-0.4, -0.2) is 19.6 Å². The van der Waals surface area contributed by atoms with Crippen LogP contribution < -0.4 is 11.1 Å². The first-order valence-corrected chi connectivity index (χ1v) is 5.29. The Morgan fingerprint density at radius 2 is 2.14 bits per heavy atom. The Hall–Kier alpha value is -0.860. The summed E-state index contributed by atoms with van der Waals surface area (Å²) in [6.07, 6.45) is 2.17. The Morgan fingerprint density at radius 1 is 1.29 bits per heavy atom. The molecule has 1 rings (SSSR count). The van der Waals surface area contributed by atoms with Gasteiger partial charge in [0.15, 0.2) is 0 Å². The lowest BCUT2D eigenvalue weighted by atomic mass is 10.1. The third-order valence-electron chi connectivity index (χ3n) is 2.23. The van der Waals surface area contributed by atoms with Crippen molar-refractivity contribution < 1.29 is 0 Å². The van der Waals surface area contributed by atoms with Crippen LogP contribution in [0.5, 0.6) is 0 Å². The van der Waals surface area contributed by atoms with Crippen molar-refractivity contribution in [2.45, 2.75) is 19.8 Å². The van der Waals surface area contributed by atoms with Crippen molar-refractivity contribution >= 4 is 0 Å². The molecule has 0 aliphatic rings. The summed E-state index contributed by atoms with van der Waals surface area (Å²) in [6.45, 7) is 4.98. The van der Waals surface area contributed by atoms with Gasteiger partial charge in [-0.1, -0.05) is 29.8 Å². The van der Waals surface area contributed by atoms with Crippen LogP contribution in [0.15, 0.2) is 24.3 Å². The molecule has 0 saturated heterocycles. The minimum absolute atomic E-state index is 0.775. The highest BCUT2D eigenvalue weighted by Crippen LogP contribution is 2.03. The number of nitrogens with one attached hydrogen (secondary N) is 1. The molecule has 0 spiro atoms. The van der Waals surface area contributed by atoms with Gasteiger partial charge in [-0.25, -0.2) is 0 Å². The third-order valence-corrected chi connectivity index (χ3v) is 2.23. The van der Waals surface area contributed by atoms with Gasteiger partial charge < -0.3 is 11.1 Å². The van der Waals surface area contributed by atoms with E-state index in [1.807, 2.05) is 0 Å². The molecule has 1 aromatic rings. The summed E-state index contributed by atoms with van der Waals surface area (Å²) in [5.41, 5.74) is 8.15. The van der Waals surface area contributed by atoms with Gasteiger partial charge in [0.05, 0.1) is 0 Å². The third kappa shape index (κ3) is 4.40. The topological polar surface area (TPSA) is 38.0 Å². The molecule has 0 fully saturated rings. The van der Waals surface area contributed by atoms with E-state index >= 15 is 0 Å². The van der Waals surface area contributed by atoms with Gasteiger partial charge in [-0.05, 0) is 45.0 Å². The minimum Gasteiger partial charge on any atom is -0.330 e. The zero-order chi connectivity index (χ0) is 10.2. The first kappa shape index (κ1) is 11.2. The van der Waals surface area contributed by atoms with Crippen LogP contribution >= 0.6 is 0 Å². The molecule has 0 aliphatic carbocycles. The average Bonchev–Trinajstić information content (AvgIpc) is 2.18. The average molecular weight is 192 g/mol. The minimum atomic E-state index is 0.775. The summed E-state index contributed by atoms with van der Waals surface area (Å²) in [7, 11) is 0. The van der Waals surface area contributed by atoms with E-state index in [4.69, 9.17) is 5.73 Å². The van der Waals surface area contributed by atoms with Crippen LogP contribution in [0.3, 0.4) is 0 Å². The largest absolute Gasteiger partial charge is 0.330 e. The van der Waals surface area contributed by atoms with Crippen molar-refractivity contribution in [3.63, 3.8) is 0 Å². The van der Waals surface area contributed by atoms with Crippen LogP contribution in [0, 0.1) is 6.92 Å². The molecule has 3 N–H and O–H groups in total. The molecule has 0 saturated carbocycles. The normalized spacial score (nSPS) is 10.4. The van der Waals surface area contributed by atoms with E-state index in [9.17, 15) is 0 Å². The molecule has 0 radical (unpaired) electrons. The zero-order valence-corrected chi connectivity index (χ0v) is 8.92. The van der Waals surface area contributed by atoms with Crippen molar-refractivity contribution in [2.75, 3.05) is 19.6 Å². The quantitative estimate of drug-likeness (QED) is 0.670. The standard InChI is InChI=1S/C12H20N2/c1-11-4-2-5-12(10-11)6-9-14-8-3-7-13/h2,4-5,10,14H,3,6-9,13H2,1H3. The van der Waals surface area contributed by atoms with Crippen LogP contribution in [0.25, 0.3) is 0 Å². The van der Waals surface area contributed by atoms with Gasteiger partial charge in [0.2, 0.25) is 0 Å². The Bertz CT molecular complexity index is 258. The fraction of sp³-hybridized carbons (Fsp3) is 0.500. The monoisotopic (exact) mass is 192 g/mol. The van der Waals surface area contributed by atoms with Crippen molar-refractivity contribution in [3.8, 4) is 0 Å². The van der Waals surface area contributed by atoms with Gasteiger partial charge in [-0.3, -0.25) is 0 Å². The van der Waals surface area contributed by atoms with Gasteiger partial charge in [0.1, 0.15) is 0 Å². The van der Waals surface area contributed by atoms with Crippen molar-refractivity contribution in [2.24, 2.45) is 5.73 Å². The molecule has 0 heterocycles. The van der Waals surface area contributed by atoms with E-state index in [0.717, 1.165) is 32.5 Å². The van der Waals surface area contributed by atoms with E-state index in [2.05, 4.69) is 36.5 Å².